The molecule has 1 heterocycles. The third-order valence-corrected chi connectivity index (χ3v) is 2.70. The quantitative estimate of drug-likeness (QED) is 0.590. The van der Waals surface area contributed by atoms with Crippen LogP contribution in [0, 0.1) is 23.0 Å². The van der Waals surface area contributed by atoms with Crippen molar-refractivity contribution in [3.8, 4) is 0 Å². The summed E-state index contributed by atoms with van der Waals surface area (Å²) >= 11 is 0. The highest BCUT2D eigenvalue weighted by molar-refractivity contribution is 5.31. The average Bonchev–Trinajstić information content (AvgIpc) is 2.24. The van der Waals surface area contributed by atoms with Gasteiger partial charge in [-0.1, -0.05) is 13.8 Å². The fraction of sp³-hybridized carbons (Fsp3) is 0.636. The minimum absolute atomic E-state index is 0.119. The molecule has 18 heavy (non-hydrogen) atoms. The second-order valence-electron chi connectivity index (χ2n) is 4.53. The molecule has 1 aromatic rings. The molecule has 0 bridgehead atoms. The van der Waals surface area contributed by atoms with E-state index in [-0.39, 0.29) is 18.2 Å². The van der Waals surface area contributed by atoms with Crippen molar-refractivity contribution >= 4 is 5.69 Å². The minimum Gasteiger partial charge on any atom is -0.291 e. The Morgan fingerprint density at radius 2 is 1.83 bits per heavy atom. The highest BCUT2D eigenvalue weighted by Crippen LogP contribution is 2.11. The topological polar surface area (TPSA) is 87.1 Å². The van der Waals surface area contributed by atoms with Gasteiger partial charge < -0.3 is 0 Å². The SMILES string of the molecule is CCn1c(=O)c([N+](=O)[O-])c(C)n(CC(C)C)c1=O. The number of nitrogens with zero attached hydrogens (tertiary/aromatic N) is 3. The number of nitro groups is 1. The second kappa shape index (κ2) is 5.16. The van der Waals surface area contributed by atoms with Crippen LogP contribution in [-0.2, 0) is 13.1 Å². The first kappa shape index (κ1) is 14.1. The Morgan fingerprint density at radius 3 is 2.22 bits per heavy atom. The third-order valence-electron chi connectivity index (χ3n) is 2.70. The Kier molecular flexibility index (Phi) is 4.05. The molecule has 7 nitrogen and oxygen atoms in total. The summed E-state index contributed by atoms with van der Waals surface area (Å²) in [5.74, 6) is 0.156. The summed E-state index contributed by atoms with van der Waals surface area (Å²) in [6.07, 6.45) is 0. The van der Waals surface area contributed by atoms with Gasteiger partial charge >= 0.3 is 16.9 Å². The lowest BCUT2D eigenvalue weighted by Crippen LogP contribution is -2.42. The predicted octanol–water partition coefficient (Wildman–Crippen LogP) is 0.903. The number of hydrogen-bond donors (Lipinski definition) is 0. The van der Waals surface area contributed by atoms with Crippen molar-refractivity contribution in [2.75, 3.05) is 0 Å². The van der Waals surface area contributed by atoms with E-state index >= 15 is 0 Å². The van der Waals surface area contributed by atoms with Crippen LogP contribution in [0.5, 0.6) is 0 Å². The molecule has 0 N–H and O–H groups in total. The first-order valence-corrected chi connectivity index (χ1v) is 5.79. The van der Waals surface area contributed by atoms with Crippen LogP contribution in [0.2, 0.25) is 0 Å². The predicted molar refractivity (Wildman–Crippen MR) is 66.9 cm³/mol. The van der Waals surface area contributed by atoms with E-state index in [9.17, 15) is 19.7 Å². The zero-order valence-electron chi connectivity index (χ0n) is 11.0. The largest absolute Gasteiger partial charge is 0.353 e. The Morgan fingerprint density at radius 1 is 1.28 bits per heavy atom. The molecule has 0 atom stereocenters. The summed E-state index contributed by atoms with van der Waals surface area (Å²) in [5.41, 5.74) is -1.71. The number of aromatic nitrogens is 2. The van der Waals surface area contributed by atoms with Gasteiger partial charge in [0.25, 0.3) is 0 Å². The molecule has 0 unspecified atom stereocenters. The maximum Gasteiger partial charge on any atom is 0.353 e. The van der Waals surface area contributed by atoms with Crippen LogP contribution in [-0.4, -0.2) is 14.1 Å². The standard InChI is InChI=1S/C11H17N3O4/c1-5-12-10(15)9(14(17)18)8(4)13(11(12)16)6-7(2)3/h7H,5-6H2,1-4H3. The smallest absolute Gasteiger partial charge is 0.291 e. The van der Waals surface area contributed by atoms with Gasteiger partial charge in [0.05, 0.1) is 4.92 Å². The van der Waals surface area contributed by atoms with E-state index in [2.05, 4.69) is 0 Å². The van der Waals surface area contributed by atoms with Crippen LogP contribution < -0.4 is 11.2 Å². The molecule has 0 aliphatic rings. The summed E-state index contributed by atoms with van der Waals surface area (Å²) in [4.78, 5) is 34.1. The molecule has 100 valence electrons. The molecule has 0 spiro atoms. The Bertz CT molecular complexity index is 583. The fourth-order valence-electron chi connectivity index (χ4n) is 1.86. The van der Waals surface area contributed by atoms with Crippen molar-refractivity contribution in [2.45, 2.75) is 40.8 Å². The lowest BCUT2D eigenvalue weighted by Gasteiger charge is -2.14. The highest BCUT2D eigenvalue weighted by Gasteiger charge is 2.24. The molecular formula is C11H17N3O4. The summed E-state index contributed by atoms with van der Waals surface area (Å²) in [6.45, 7) is 7.33. The van der Waals surface area contributed by atoms with E-state index in [0.717, 1.165) is 4.57 Å². The summed E-state index contributed by atoms with van der Waals surface area (Å²) < 4.78 is 2.20. The van der Waals surface area contributed by atoms with Crippen LogP contribution in [0.1, 0.15) is 26.5 Å². The molecule has 7 heteroatoms. The molecule has 0 aliphatic carbocycles. The average molecular weight is 255 g/mol. The zero-order valence-corrected chi connectivity index (χ0v) is 11.0. The zero-order chi connectivity index (χ0) is 14.0. The van der Waals surface area contributed by atoms with E-state index in [1.165, 1.54) is 11.5 Å². The lowest BCUT2D eigenvalue weighted by atomic mass is 10.2. The Hall–Kier alpha value is -1.92. The second-order valence-corrected chi connectivity index (χ2v) is 4.53. The van der Waals surface area contributed by atoms with Crippen molar-refractivity contribution in [2.24, 2.45) is 5.92 Å². The third kappa shape index (κ3) is 2.34. The van der Waals surface area contributed by atoms with Crippen LogP contribution in [0.15, 0.2) is 9.59 Å². The van der Waals surface area contributed by atoms with Gasteiger partial charge in [0.15, 0.2) is 0 Å². The van der Waals surface area contributed by atoms with E-state index in [4.69, 9.17) is 0 Å². The summed E-state index contributed by atoms with van der Waals surface area (Å²) in [5, 5.41) is 10.9. The first-order chi connectivity index (χ1) is 8.31. The van der Waals surface area contributed by atoms with E-state index < -0.39 is 21.9 Å². The van der Waals surface area contributed by atoms with Crippen molar-refractivity contribution in [1.82, 2.24) is 9.13 Å². The molecule has 0 aliphatic heterocycles. The molecule has 1 aromatic heterocycles. The molecule has 0 saturated heterocycles. The van der Waals surface area contributed by atoms with Crippen molar-refractivity contribution < 1.29 is 4.92 Å². The van der Waals surface area contributed by atoms with Gasteiger partial charge in [-0.15, -0.1) is 0 Å². The molecule has 0 fully saturated rings. The van der Waals surface area contributed by atoms with E-state index in [0.29, 0.717) is 6.54 Å². The first-order valence-electron chi connectivity index (χ1n) is 5.79. The van der Waals surface area contributed by atoms with Gasteiger partial charge in [0.1, 0.15) is 5.69 Å². The van der Waals surface area contributed by atoms with Gasteiger partial charge in [-0.25, -0.2) is 4.79 Å². The van der Waals surface area contributed by atoms with E-state index in [1.54, 1.807) is 6.92 Å². The van der Waals surface area contributed by atoms with Crippen molar-refractivity contribution in [1.29, 1.82) is 0 Å². The number of rotatable bonds is 4. The molecular weight excluding hydrogens is 238 g/mol. The summed E-state index contributed by atoms with van der Waals surface area (Å²) in [6, 6.07) is 0. The minimum atomic E-state index is -0.829. The molecule has 0 amide bonds. The van der Waals surface area contributed by atoms with E-state index in [1.807, 2.05) is 13.8 Å². The molecule has 0 aromatic carbocycles. The number of hydrogen-bond acceptors (Lipinski definition) is 4. The normalized spacial score (nSPS) is 10.9. The monoisotopic (exact) mass is 255 g/mol. The Balaban J connectivity index is 3.73. The maximum absolute atomic E-state index is 12.1. The van der Waals surface area contributed by atoms with Gasteiger partial charge in [-0.2, -0.15) is 0 Å². The van der Waals surface area contributed by atoms with Crippen LogP contribution in [0.25, 0.3) is 0 Å². The Labute approximate surface area is 104 Å². The molecule has 0 saturated carbocycles. The maximum atomic E-state index is 12.1. The van der Waals surface area contributed by atoms with Crippen LogP contribution in [0.4, 0.5) is 5.69 Å². The lowest BCUT2D eigenvalue weighted by molar-refractivity contribution is -0.387. The fourth-order valence-corrected chi connectivity index (χ4v) is 1.86. The van der Waals surface area contributed by atoms with Crippen LogP contribution in [0.3, 0.4) is 0 Å². The van der Waals surface area contributed by atoms with Gasteiger partial charge in [0, 0.05) is 13.1 Å². The van der Waals surface area contributed by atoms with Crippen molar-refractivity contribution in [3.05, 3.63) is 36.6 Å². The van der Waals surface area contributed by atoms with Crippen molar-refractivity contribution in [3.63, 3.8) is 0 Å². The highest BCUT2D eigenvalue weighted by atomic mass is 16.6. The molecule has 1 rings (SSSR count). The molecule has 0 radical (unpaired) electrons. The summed E-state index contributed by atoms with van der Waals surface area (Å²) in [7, 11) is 0. The van der Waals surface area contributed by atoms with Gasteiger partial charge in [-0.05, 0) is 19.8 Å². The van der Waals surface area contributed by atoms with Gasteiger partial charge in [0.2, 0.25) is 0 Å². The van der Waals surface area contributed by atoms with Crippen LogP contribution >= 0.6 is 0 Å². The van der Waals surface area contributed by atoms with Gasteiger partial charge in [-0.3, -0.25) is 24.0 Å².